The minimum atomic E-state index is -0.989. The second-order valence-corrected chi connectivity index (χ2v) is 8.15. The number of thiophene rings is 1. The standard InChI is InChI=1S/C21H25N3O5S/c1-14-3-8-18(30-14)21(27)22-13-19(25)29-15(2)20(26)23-16-4-6-17(7-5-16)24-9-11-28-12-10-24/h3-8,15H,9-13H2,1-2H3,(H,22,27)(H,23,26)/t15-/m1/s1. The molecule has 1 fully saturated rings. The average Bonchev–Trinajstić information content (AvgIpc) is 3.19. The molecule has 0 saturated carbocycles. The highest BCUT2D eigenvalue weighted by Gasteiger charge is 2.19. The third-order valence-electron chi connectivity index (χ3n) is 4.55. The predicted octanol–water partition coefficient (Wildman–Crippen LogP) is 2.19. The Hall–Kier alpha value is -2.91. The van der Waals surface area contributed by atoms with Gasteiger partial charge < -0.3 is 25.0 Å². The fourth-order valence-electron chi connectivity index (χ4n) is 2.91. The first kappa shape index (κ1) is 21.8. The molecule has 1 aromatic carbocycles. The van der Waals surface area contributed by atoms with E-state index < -0.39 is 18.0 Å². The van der Waals surface area contributed by atoms with Crippen LogP contribution in [0.25, 0.3) is 0 Å². The number of amides is 2. The summed E-state index contributed by atoms with van der Waals surface area (Å²) in [4.78, 5) is 39.9. The molecule has 2 heterocycles. The number of nitrogens with one attached hydrogen (secondary N) is 2. The van der Waals surface area contributed by atoms with Crippen molar-refractivity contribution in [3.8, 4) is 0 Å². The summed E-state index contributed by atoms with van der Waals surface area (Å²) in [5.74, 6) is -1.47. The quantitative estimate of drug-likeness (QED) is 0.653. The minimum Gasteiger partial charge on any atom is -0.451 e. The number of carbonyl (C=O) groups is 3. The molecule has 1 saturated heterocycles. The van der Waals surface area contributed by atoms with E-state index in [1.54, 1.807) is 18.2 Å². The number of hydrogen-bond donors (Lipinski definition) is 2. The molecule has 3 rings (SSSR count). The molecule has 1 aliphatic heterocycles. The Balaban J connectivity index is 1.43. The second-order valence-electron chi connectivity index (χ2n) is 6.86. The molecular weight excluding hydrogens is 406 g/mol. The van der Waals surface area contributed by atoms with Gasteiger partial charge in [-0.15, -0.1) is 11.3 Å². The zero-order valence-electron chi connectivity index (χ0n) is 17.0. The molecule has 2 N–H and O–H groups in total. The Bertz CT molecular complexity index is 890. The van der Waals surface area contributed by atoms with E-state index in [0.717, 1.165) is 23.7 Å². The molecule has 0 unspecified atom stereocenters. The van der Waals surface area contributed by atoms with Gasteiger partial charge in [0.05, 0.1) is 18.1 Å². The van der Waals surface area contributed by atoms with Gasteiger partial charge >= 0.3 is 5.97 Å². The van der Waals surface area contributed by atoms with E-state index in [-0.39, 0.29) is 12.5 Å². The van der Waals surface area contributed by atoms with Crippen molar-refractivity contribution in [2.24, 2.45) is 0 Å². The van der Waals surface area contributed by atoms with Crippen LogP contribution in [0.2, 0.25) is 0 Å². The maximum Gasteiger partial charge on any atom is 0.326 e. The van der Waals surface area contributed by atoms with Gasteiger partial charge in [-0.3, -0.25) is 14.4 Å². The van der Waals surface area contributed by atoms with Crippen molar-refractivity contribution in [1.29, 1.82) is 0 Å². The molecule has 30 heavy (non-hydrogen) atoms. The van der Waals surface area contributed by atoms with Gasteiger partial charge in [-0.1, -0.05) is 0 Å². The van der Waals surface area contributed by atoms with Crippen molar-refractivity contribution in [1.82, 2.24) is 5.32 Å². The van der Waals surface area contributed by atoms with Crippen LogP contribution in [0.15, 0.2) is 36.4 Å². The molecule has 1 atom stereocenters. The number of anilines is 2. The molecule has 1 aromatic heterocycles. The van der Waals surface area contributed by atoms with Crippen LogP contribution in [-0.4, -0.2) is 56.7 Å². The first-order valence-electron chi connectivity index (χ1n) is 9.70. The van der Waals surface area contributed by atoms with Crippen molar-refractivity contribution in [3.05, 3.63) is 46.2 Å². The van der Waals surface area contributed by atoms with E-state index in [1.165, 1.54) is 18.3 Å². The highest BCUT2D eigenvalue weighted by atomic mass is 32.1. The first-order chi connectivity index (χ1) is 14.4. The lowest BCUT2D eigenvalue weighted by atomic mass is 10.2. The number of ether oxygens (including phenoxy) is 2. The number of esters is 1. The smallest absolute Gasteiger partial charge is 0.326 e. The van der Waals surface area contributed by atoms with Crippen molar-refractivity contribution >= 4 is 40.5 Å². The Morgan fingerprint density at radius 2 is 1.83 bits per heavy atom. The third kappa shape index (κ3) is 6.04. The monoisotopic (exact) mass is 431 g/mol. The van der Waals surface area contributed by atoms with E-state index in [9.17, 15) is 14.4 Å². The Morgan fingerprint density at radius 1 is 1.13 bits per heavy atom. The lowest BCUT2D eigenvalue weighted by Gasteiger charge is -2.28. The lowest BCUT2D eigenvalue weighted by molar-refractivity contribution is -0.152. The van der Waals surface area contributed by atoms with Gasteiger partial charge in [0.1, 0.15) is 6.54 Å². The minimum absolute atomic E-state index is 0.304. The molecular formula is C21H25N3O5S. The van der Waals surface area contributed by atoms with Crippen LogP contribution in [0.3, 0.4) is 0 Å². The van der Waals surface area contributed by atoms with Crippen LogP contribution < -0.4 is 15.5 Å². The second kappa shape index (κ2) is 10.2. The Kier molecular flexibility index (Phi) is 7.42. The lowest BCUT2D eigenvalue weighted by Crippen LogP contribution is -2.36. The zero-order chi connectivity index (χ0) is 21.5. The molecule has 0 radical (unpaired) electrons. The van der Waals surface area contributed by atoms with Crippen molar-refractivity contribution in [2.45, 2.75) is 20.0 Å². The number of aryl methyl sites for hydroxylation is 1. The summed E-state index contributed by atoms with van der Waals surface area (Å²) in [5, 5.41) is 5.22. The first-order valence-corrected chi connectivity index (χ1v) is 10.5. The predicted molar refractivity (Wildman–Crippen MR) is 115 cm³/mol. The third-order valence-corrected chi connectivity index (χ3v) is 5.55. The molecule has 2 aromatic rings. The number of benzene rings is 1. The maximum absolute atomic E-state index is 12.3. The van der Waals surface area contributed by atoms with Gasteiger partial charge in [0.25, 0.3) is 11.8 Å². The van der Waals surface area contributed by atoms with Gasteiger partial charge in [-0.25, -0.2) is 0 Å². The summed E-state index contributed by atoms with van der Waals surface area (Å²) in [6.45, 7) is 6.15. The number of morpholine rings is 1. The van der Waals surface area contributed by atoms with Gasteiger partial charge in [0, 0.05) is 29.3 Å². The Labute approximate surface area is 179 Å². The van der Waals surface area contributed by atoms with E-state index in [1.807, 2.05) is 25.1 Å². The molecule has 0 aliphatic carbocycles. The van der Waals surface area contributed by atoms with Gasteiger partial charge in [0.2, 0.25) is 0 Å². The summed E-state index contributed by atoms with van der Waals surface area (Å²) < 4.78 is 10.5. The number of hydrogen-bond acceptors (Lipinski definition) is 7. The van der Waals surface area contributed by atoms with Crippen LogP contribution in [-0.2, 0) is 19.1 Å². The van der Waals surface area contributed by atoms with Crippen molar-refractivity contribution in [3.63, 3.8) is 0 Å². The summed E-state index contributed by atoms with van der Waals surface area (Å²) >= 11 is 1.34. The van der Waals surface area contributed by atoms with Gasteiger partial charge in [-0.05, 0) is 50.2 Å². The van der Waals surface area contributed by atoms with Crippen molar-refractivity contribution < 1.29 is 23.9 Å². The summed E-state index contributed by atoms with van der Waals surface area (Å²) in [6.07, 6.45) is -0.989. The summed E-state index contributed by atoms with van der Waals surface area (Å²) in [7, 11) is 0. The highest BCUT2D eigenvalue weighted by molar-refractivity contribution is 7.13. The summed E-state index contributed by atoms with van der Waals surface area (Å²) in [5.41, 5.74) is 1.67. The topological polar surface area (TPSA) is 97.0 Å². The molecule has 1 aliphatic rings. The van der Waals surface area contributed by atoms with E-state index in [4.69, 9.17) is 9.47 Å². The average molecular weight is 432 g/mol. The molecule has 160 valence electrons. The van der Waals surface area contributed by atoms with Crippen LogP contribution in [0.1, 0.15) is 21.5 Å². The van der Waals surface area contributed by atoms with Gasteiger partial charge in [0.15, 0.2) is 6.10 Å². The maximum atomic E-state index is 12.3. The van der Waals surface area contributed by atoms with Crippen LogP contribution >= 0.6 is 11.3 Å². The van der Waals surface area contributed by atoms with E-state index in [0.29, 0.717) is 23.8 Å². The summed E-state index contributed by atoms with van der Waals surface area (Å²) in [6, 6.07) is 11.0. The van der Waals surface area contributed by atoms with Gasteiger partial charge in [-0.2, -0.15) is 0 Å². The molecule has 2 amide bonds. The molecule has 8 nitrogen and oxygen atoms in total. The zero-order valence-corrected chi connectivity index (χ0v) is 17.8. The van der Waals surface area contributed by atoms with Crippen molar-refractivity contribution in [2.75, 3.05) is 43.1 Å². The fraction of sp³-hybridized carbons (Fsp3) is 0.381. The molecule has 0 spiro atoms. The number of nitrogens with zero attached hydrogens (tertiary/aromatic N) is 1. The number of carbonyl (C=O) groups excluding carboxylic acids is 3. The largest absolute Gasteiger partial charge is 0.451 e. The van der Waals surface area contributed by atoms with E-state index in [2.05, 4.69) is 15.5 Å². The molecule has 9 heteroatoms. The normalized spacial score (nSPS) is 14.7. The van der Waals surface area contributed by atoms with Crippen LogP contribution in [0, 0.1) is 6.92 Å². The molecule has 0 bridgehead atoms. The fourth-order valence-corrected chi connectivity index (χ4v) is 3.69. The number of rotatable bonds is 7. The van der Waals surface area contributed by atoms with Crippen LogP contribution in [0.5, 0.6) is 0 Å². The SMILES string of the molecule is Cc1ccc(C(=O)NCC(=O)O[C@H](C)C(=O)Nc2ccc(N3CCOCC3)cc2)s1. The Morgan fingerprint density at radius 3 is 2.47 bits per heavy atom. The highest BCUT2D eigenvalue weighted by Crippen LogP contribution is 2.19. The van der Waals surface area contributed by atoms with Crippen LogP contribution in [0.4, 0.5) is 11.4 Å². The van der Waals surface area contributed by atoms with E-state index >= 15 is 0 Å².